The summed E-state index contributed by atoms with van der Waals surface area (Å²) < 4.78 is 0. The highest BCUT2D eigenvalue weighted by atomic mass is 35.5. The van der Waals surface area contributed by atoms with Gasteiger partial charge in [-0.1, -0.05) is 35.4 Å². The van der Waals surface area contributed by atoms with Crippen LogP contribution in [0.15, 0.2) is 48.5 Å². The molecule has 0 heterocycles. The summed E-state index contributed by atoms with van der Waals surface area (Å²) in [6, 6.07) is 13.8. The summed E-state index contributed by atoms with van der Waals surface area (Å²) in [5.74, 6) is -0.647. The zero-order chi connectivity index (χ0) is 17.9. The van der Waals surface area contributed by atoms with E-state index in [9.17, 15) is 9.59 Å². The molecule has 2 aromatic carbocycles. The molecule has 0 unspecified atom stereocenters. The number of nitrogens with one attached hydrogen (secondary N) is 1. The van der Waals surface area contributed by atoms with Crippen molar-refractivity contribution in [2.24, 2.45) is 0 Å². The van der Waals surface area contributed by atoms with Crippen molar-refractivity contribution in [3.05, 3.63) is 70.2 Å². The van der Waals surface area contributed by atoms with Crippen molar-refractivity contribution in [3.8, 4) is 0 Å². The van der Waals surface area contributed by atoms with Gasteiger partial charge in [0, 0.05) is 16.1 Å². The first-order valence-corrected chi connectivity index (χ1v) is 8.04. The highest BCUT2D eigenvalue weighted by molar-refractivity contribution is 6.31. The molecule has 0 fully saturated rings. The average Bonchev–Trinajstić information content (AvgIpc) is 2.51. The maximum Gasteiger partial charge on any atom is 0.272 e. The van der Waals surface area contributed by atoms with Gasteiger partial charge in [-0.15, -0.1) is 37.2 Å². The van der Waals surface area contributed by atoms with Crippen LogP contribution in [0.2, 0.25) is 5.02 Å². The van der Waals surface area contributed by atoms with Crippen LogP contribution in [0.5, 0.6) is 0 Å². The first-order valence-electron chi connectivity index (χ1n) is 7.66. The molecule has 0 aliphatic rings. The van der Waals surface area contributed by atoms with Crippen molar-refractivity contribution in [2.45, 2.75) is 33.2 Å². The Kier molecular flexibility index (Phi) is 11.7. The molecule has 2 rings (SSSR count). The molecule has 150 valence electrons. The van der Waals surface area contributed by atoms with Crippen molar-refractivity contribution in [2.75, 3.05) is 0 Å². The largest absolute Gasteiger partial charge is 0.272 e. The summed E-state index contributed by atoms with van der Waals surface area (Å²) in [5.41, 5.74) is 4.09. The van der Waals surface area contributed by atoms with E-state index >= 15 is 0 Å². The molecular weight excluding hydrogens is 430 g/mol. The average molecular weight is 454 g/mol. The predicted molar refractivity (Wildman–Crippen MR) is 118 cm³/mol. The van der Waals surface area contributed by atoms with E-state index in [1.807, 2.05) is 39.8 Å². The lowest BCUT2D eigenvalue weighted by Crippen LogP contribution is -2.55. The van der Waals surface area contributed by atoms with Gasteiger partial charge in [0.2, 0.25) is 0 Å². The van der Waals surface area contributed by atoms with Gasteiger partial charge in [0.15, 0.2) is 0 Å². The summed E-state index contributed by atoms with van der Waals surface area (Å²) >= 11 is 5.97. The first kappa shape index (κ1) is 27.8. The third kappa shape index (κ3) is 7.59. The van der Waals surface area contributed by atoms with Crippen LogP contribution in [0.25, 0.3) is 0 Å². The molecule has 0 atom stereocenters. The standard InChI is InChI=1S/C19H21ClN2O2.3ClH/c1-13-8-10-14(11-9-13)17(23)21-22(19(2,3)4)18(24)15-6-5-7-16(20)12-15;;;/h5-12H,1-4H3,(H,21,23);3*1H. The lowest BCUT2D eigenvalue weighted by atomic mass is 10.1. The van der Waals surface area contributed by atoms with Gasteiger partial charge in [0.1, 0.15) is 0 Å². The fourth-order valence-corrected chi connectivity index (χ4v) is 2.34. The number of aryl methyl sites for hydroxylation is 1. The summed E-state index contributed by atoms with van der Waals surface area (Å²) in [6.45, 7) is 7.51. The first-order chi connectivity index (χ1) is 11.2. The van der Waals surface area contributed by atoms with Crippen LogP contribution in [0.1, 0.15) is 47.1 Å². The number of carbonyl (C=O) groups is 2. The minimum absolute atomic E-state index is 0. The Morgan fingerprint density at radius 2 is 1.48 bits per heavy atom. The van der Waals surface area contributed by atoms with Gasteiger partial charge >= 0.3 is 0 Å². The van der Waals surface area contributed by atoms with E-state index in [1.54, 1.807) is 36.4 Å². The summed E-state index contributed by atoms with van der Waals surface area (Å²) in [4.78, 5) is 25.3. The predicted octanol–water partition coefficient (Wildman–Crippen LogP) is 5.50. The number of hydrogen-bond acceptors (Lipinski definition) is 2. The zero-order valence-corrected chi connectivity index (χ0v) is 18.7. The quantitative estimate of drug-likeness (QED) is 0.610. The molecule has 1 N–H and O–H groups in total. The van der Waals surface area contributed by atoms with E-state index in [1.165, 1.54) is 5.01 Å². The topological polar surface area (TPSA) is 49.4 Å². The van der Waals surface area contributed by atoms with Crippen LogP contribution in [0, 0.1) is 6.92 Å². The monoisotopic (exact) mass is 452 g/mol. The highest BCUT2D eigenvalue weighted by Crippen LogP contribution is 2.18. The number of rotatable bonds is 2. The summed E-state index contributed by atoms with van der Waals surface area (Å²) in [7, 11) is 0. The van der Waals surface area contributed by atoms with Crippen molar-refractivity contribution in [3.63, 3.8) is 0 Å². The minimum Gasteiger partial charge on any atom is -0.267 e. The maximum atomic E-state index is 12.8. The minimum atomic E-state index is -0.597. The number of hydrogen-bond donors (Lipinski definition) is 1. The molecule has 4 nitrogen and oxygen atoms in total. The van der Waals surface area contributed by atoms with E-state index < -0.39 is 5.54 Å². The van der Waals surface area contributed by atoms with Crippen LogP contribution < -0.4 is 5.43 Å². The number of halogens is 4. The normalized spacial score (nSPS) is 9.81. The Labute approximate surface area is 183 Å². The van der Waals surface area contributed by atoms with E-state index in [4.69, 9.17) is 11.6 Å². The van der Waals surface area contributed by atoms with Crippen molar-refractivity contribution >= 4 is 60.6 Å². The van der Waals surface area contributed by atoms with Crippen LogP contribution in [-0.4, -0.2) is 22.4 Å². The molecule has 0 aliphatic carbocycles. The summed E-state index contributed by atoms with van der Waals surface area (Å²) in [5, 5.41) is 1.81. The molecular formula is C19H24Cl4N2O2. The molecule has 0 bridgehead atoms. The maximum absolute atomic E-state index is 12.8. The van der Waals surface area contributed by atoms with E-state index in [-0.39, 0.29) is 49.0 Å². The molecule has 0 spiro atoms. The third-order valence-electron chi connectivity index (χ3n) is 3.47. The van der Waals surface area contributed by atoms with Crippen molar-refractivity contribution in [1.29, 1.82) is 0 Å². The number of nitrogens with zero attached hydrogens (tertiary/aromatic N) is 1. The zero-order valence-electron chi connectivity index (χ0n) is 15.5. The van der Waals surface area contributed by atoms with Crippen LogP contribution in [0.4, 0.5) is 0 Å². The smallest absolute Gasteiger partial charge is 0.267 e. The molecule has 0 saturated heterocycles. The van der Waals surface area contributed by atoms with Crippen LogP contribution in [-0.2, 0) is 0 Å². The molecule has 0 radical (unpaired) electrons. The Balaban J connectivity index is 0. The van der Waals surface area contributed by atoms with Crippen LogP contribution >= 0.6 is 48.8 Å². The van der Waals surface area contributed by atoms with E-state index in [0.717, 1.165) is 5.56 Å². The SMILES string of the molecule is Cc1ccc(C(=O)NN(C(=O)c2cccc(Cl)c2)C(C)(C)C)cc1.Cl.Cl.Cl. The highest BCUT2D eigenvalue weighted by Gasteiger charge is 2.29. The second kappa shape index (κ2) is 11.4. The second-order valence-electron chi connectivity index (χ2n) is 6.63. The number of carbonyl (C=O) groups excluding carboxylic acids is 2. The van der Waals surface area contributed by atoms with Gasteiger partial charge in [0.25, 0.3) is 11.8 Å². The summed E-state index contributed by atoms with van der Waals surface area (Å²) in [6.07, 6.45) is 0. The van der Waals surface area contributed by atoms with Gasteiger partial charge in [-0.05, 0) is 58.0 Å². The van der Waals surface area contributed by atoms with Crippen LogP contribution in [0.3, 0.4) is 0 Å². The Morgan fingerprint density at radius 3 is 1.96 bits per heavy atom. The van der Waals surface area contributed by atoms with Gasteiger partial charge < -0.3 is 0 Å². The lowest BCUT2D eigenvalue weighted by Gasteiger charge is -2.35. The second-order valence-corrected chi connectivity index (χ2v) is 7.07. The molecule has 0 saturated carbocycles. The Morgan fingerprint density at radius 1 is 0.926 bits per heavy atom. The molecule has 0 aliphatic heterocycles. The van der Waals surface area contributed by atoms with Gasteiger partial charge in [-0.2, -0.15) is 0 Å². The van der Waals surface area contributed by atoms with Gasteiger partial charge in [0.05, 0.1) is 5.54 Å². The van der Waals surface area contributed by atoms with Crippen molar-refractivity contribution < 1.29 is 9.59 Å². The number of amides is 2. The number of hydrazine groups is 1. The molecule has 2 amide bonds. The molecule has 2 aromatic rings. The number of benzene rings is 2. The van der Waals surface area contributed by atoms with Crippen molar-refractivity contribution in [1.82, 2.24) is 10.4 Å². The molecule has 27 heavy (non-hydrogen) atoms. The third-order valence-corrected chi connectivity index (χ3v) is 3.71. The van der Waals surface area contributed by atoms with E-state index in [0.29, 0.717) is 16.1 Å². The molecule has 0 aromatic heterocycles. The fraction of sp³-hybridized carbons (Fsp3) is 0.263. The molecule has 8 heteroatoms. The van der Waals surface area contributed by atoms with E-state index in [2.05, 4.69) is 5.43 Å². The Bertz CT molecular complexity index is 759. The Hall–Kier alpha value is -1.46. The van der Waals surface area contributed by atoms with Gasteiger partial charge in [-0.3, -0.25) is 15.0 Å². The fourth-order valence-electron chi connectivity index (χ4n) is 2.14. The lowest BCUT2D eigenvalue weighted by molar-refractivity contribution is 0.0358. The van der Waals surface area contributed by atoms with Gasteiger partial charge in [-0.25, -0.2) is 5.01 Å².